The van der Waals surface area contributed by atoms with Gasteiger partial charge in [0.05, 0.1) is 23.0 Å². The first-order chi connectivity index (χ1) is 25.3. The molecule has 3 heterocycles. The maximum absolute atomic E-state index is 11.5. The lowest BCUT2D eigenvalue weighted by Crippen LogP contribution is -2.25. The van der Waals surface area contributed by atoms with E-state index in [2.05, 4.69) is 24.5 Å². The molecule has 4 aromatic rings. The molecule has 292 valence electrons. The number of carboxylic acids is 1. The van der Waals surface area contributed by atoms with Gasteiger partial charge in [0.1, 0.15) is 36.3 Å². The van der Waals surface area contributed by atoms with Crippen molar-refractivity contribution in [2.24, 2.45) is 0 Å². The van der Waals surface area contributed by atoms with E-state index in [-0.39, 0.29) is 29.9 Å². The van der Waals surface area contributed by atoms with Crippen LogP contribution in [0.3, 0.4) is 0 Å². The van der Waals surface area contributed by atoms with Gasteiger partial charge >= 0.3 is 25.9 Å². The van der Waals surface area contributed by atoms with Gasteiger partial charge in [-0.1, -0.05) is 66.6 Å². The SMILES string of the molecule is CC(/C=C\C(=O)O)c1ccon1.CC(/C=C\C(=O)OC(C)(C)C)c1ccon1.CC(C)(C)OC(=O)C[P+](=O)Oc1ccccc1.CC(C=O)c1ccon1. The van der Waals surface area contributed by atoms with Crippen molar-refractivity contribution >= 4 is 32.2 Å². The van der Waals surface area contributed by atoms with Crippen molar-refractivity contribution in [2.75, 3.05) is 6.16 Å². The van der Waals surface area contributed by atoms with Crippen LogP contribution in [-0.2, 0) is 33.2 Å². The molecule has 3 aromatic heterocycles. The number of rotatable bonds is 12. The van der Waals surface area contributed by atoms with Crippen molar-refractivity contribution < 1.29 is 56.4 Å². The first kappa shape index (κ1) is 46.3. The highest BCUT2D eigenvalue weighted by Crippen LogP contribution is 2.27. The molecule has 1 N–H and O–H groups in total. The predicted octanol–water partition coefficient (Wildman–Crippen LogP) is 8.22. The lowest BCUT2D eigenvalue weighted by Gasteiger charge is -2.18. The van der Waals surface area contributed by atoms with Gasteiger partial charge in [-0.25, -0.2) is 14.4 Å². The average Bonchev–Trinajstić information content (AvgIpc) is 3.90. The fourth-order valence-corrected chi connectivity index (χ4v) is 4.23. The first-order valence-electron chi connectivity index (χ1n) is 16.7. The number of aromatic nitrogens is 3. The quantitative estimate of drug-likeness (QED) is 0.0622. The summed E-state index contributed by atoms with van der Waals surface area (Å²) >= 11 is 0. The lowest BCUT2D eigenvalue weighted by atomic mass is 10.1. The van der Waals surface area contributed by atoms with Crippen LogP contribution in [0.2, 0.25) is 0 Å². The molecule has 54 heavy (non-hydrogen) atoms. The first-order valence-corrected chi connectivity index (χ1v) is 18.0. The number of carbonyl (C=O) groups excluding carboxylic acids is 3. The van der Waals surface area contributed by atoms with E-state index in [9.17, 15) is 23.7 Å². The van der Waals surface area contributed by atoms with E-state index in [1.54, 1.807) is 82.3 Å². The number of aldehydes is 1. The molecule has 1 aromatic carbocycles. The van der Waals surface area contributed by atoms with Crippen molar-refractivity contribution in [3.63, 3.8) is 0 Å². The lowest BCUT2D eigenvalue weighted by molar-refractivity contribution is -0.151. The number of ether oxygens (including phenoxy) is 2. The van der Waals surface area contributed by atoms with Crippen LogP contribution in [0.1, 0.15) is 97.1 Å². The molecule has 4 rings (SSSR count). The van der Waals surface area contributed by atoms with Crippen LogP contribution in [0, 0.1) is 0 Å². The summed E-state index contributed by atoms with van der Waals surface area (Å²) in [7, 11) is -2.07. The van der Waals surface area contributed by atoms with Crippen molar-refractivity contribution in [2.45, 2.75) is 91.3 Å². The van der Waals surface area contributed by atoms with Crippen LogP contribution in [0.25, 0.3) is 0 Å². The monoisotopic (exact) mass is 770 g/mol. The van der Waals surface area contributed by atoms with Crippen LogP contribution in [-0.4, -0.2) is 62.1 Å². The van der Waals surface area contributed by atoms with E-state index in [0.29, 0.717) is 11.4 Å². The Morgan fingerprint density at radius 2 is 1.17 bits per heavy atom. The second-order valence-electron chi connectivity index (χ2n) is 13.3. The summed E-state index contributed by atoms with van der Waals surface area (Å²) in [6.45, 7) is 16.3. The molecule has 0 saturated heterocycles. The van der Waals surface area contributed by atoms with Crippen molar-refractivity contribution in [1.29, 1.82) is 0 Å². The van der Waals surface area contributed by atoms with E-state index in [1.165, 1.54) is 24.9 Å². The van der Waals surface area contributed by atoms with Gasteiger partial charge in [0, 0.05) is 42.2 Å². The van der Waals surface area contributed by atoms with Crippen LogP contribution >= 0.6 is 8.03 Å². The van der Waals surface area contributed by atoms with Gasteiger partial charge in [0.25, 0.3) is 6.16 Å². The smallest absolute Gasteiger partial charge is 0.478 e. The molecule has 4 atom stereocenters. The number of carbonyl (C=O) groups is 4. The Morgan fingerprint density at radius 3 is 1.56 bits per heavy atom. The number of para-hydroxylation sites is 1. The Kier molecular flexibility index (Phi) is 20.4. The van der Waals surface area contributed by atoms with E-state index >= 15 is 0 Å². The Morgan fingerprint density at radius 1 is 0.722 bits per heavy atom. The minimum Gasteiger partial charge on any atom is -0.478 e. The molecule has 0 spiro atoms. The Bertz CT molecular complexity index is 1720. The standard InChI is InChI=1S/C12H17NO3.C12H16O4P.C8H9NO3.C6H7NO2/c1-9(10-7-8-15-13-10)5-6-11(14)16-12(2,3)4;1-12(2,3)15-11(13)9-17(14)16-10-7-5-4-6-8-10;1-6(2-3-8(10)11)7-4-5-12-9-7;1-5(4-8)6-2-3-9-7-6/h5-9H,1-4H3;4-8H,9H2,1-3H3;2-6H,1H3,(H,10,11);2-5H,1H3/q;+1;;/b6-5-;;3-2-;. The second kappa shape index (κ2) is 23.8. The minimum atomic E-state index is -2.07. The number of esters is 2. The summed E-state index contributed by atoms with van der Waals surface area (Å²) in [6, 6.07) is 13.9. The van der Waals surface area contributed by atoms with Gasteiger partial charge in [-0.15, -0.1) is 0 Å². The minimum absolute atomic E-state index is 0.0279. The molecule has 0 aliphatic carbocycles. The number of hydrogen-bond acceptors (Lipinski definition) is 14. The highest BCUT2D eigenvalue weighted by atomic mass is 31.1. The summed E-state index contributed by atoms with van der Waals surface area (Å²) in [5, 5.41) is 19.4. The normalized spacial score (nSPS) is 13.0. The van der Waals surface area contributed by atoms with Gasteiger partial charge in [-0.3, -0.25) is 4.52 Å². The molecule has 16 heteroatoms. The van der Waals surface area contributed by atoms with Crippen LogP contribution < -0.4 is 4.52 Å². The molecule has 0 aliphatic heterocycles. The molecule has 0 saturated carbocycles. The summed E-state index contributed by atoms with van der Waals surface area (Å²) in [5.74, 6) is -1.48. The molecule has 0 radical (unpaired) electrons. The highest BCUT2D eigenvalue weighted by Gasteiger charge is 2.28. The molecule has 4 unspecified atom stereocenters. The molecule has 0 fully saturated rings. The van der Waals surface area contributed by atoms with Gasteiger partial charge in [0.15, 0.2) is 5.75 Å². The van der Waals surface area contributed by atoms with Gasteiger partial charge in [0.2, 0.25) is 0 Å². The molecule has 0 amide bonds. The topological polar surface area (TPSA) is 211 Å². The van der Waals surface area contributed by atoms with Gasteiger partial charge < -0.3 is 32.9 Å². The number of carboxylic acid groups (broad SMARTS) is 1. The highest BCUT2D eigenvalue weighted by molar-refractivity contribution is 7.40. The Balaban J connectivity index is 0.000000369. The molecule has 0 bridgehead atoms. The van der Waals surface area contributed by atoms with Crippen LogP contribution in [0.5, 0.6) is 5.75 Å². The molecule has 0 aliphatic rings. The summed E-state index contributed by atoms with van der Waals surface area (Å²) in [5.41, 5.74) is 1.18. The summed E-state index contributed by atoms with van der Waals surface area (Å²) in [4.78, 5) is 43.0. The number of nitrogens with zero attached hydrogens (tertiary/aromatic N) is 3. The zero-order chi connectivity index (χ0) is 40.7. The maximum Gasteiger partial charge on any atom is 0.568 e. The summed E-state index contributed by atoms with van der Waals surface area (Å²) in [6.07, 6.45) is 10.8. The number of aliphatic carboxylic acids is 1. The average molecular weight is 771 g/mol. The van der Waals surface area contributed by atoms with Crippen molar-refractivity contribution in [3.8, 4) is 5.75 Å². The predicted molar refractivity (Wildman–Crippen MR) is 198 cm³/mol. The number of benzene rings is 1. The maximum atomic E-state index is 11.5. The van der Waals surface area contributed by atoms with Gasteiger partial charge in [-0.2, -0.15) is 0 Å². The van der Waals surface area contributed by atoms with E-state index < -0.39 is 31.2 Å². The zero-order valence-corrected chi connectivity index (χ0v) is 32.8. The third-order valence-electron chi connectivity index (χ3n) is 6.06. The van der Waals surface area contributed by atoms with Crippen molar-refractivity contribution in [1.82, 2.24) is 15.5 Å². The Hall–Kier alpha value is -5.69. The van der Waals surface area contributed by atoms with E-state index in [4.69, 9.17) is 23.6 Å². The Labute approximate surface area is 315 Å². The largest absolute Gasteiger partial charge is 0.568 e. The van der Waals surface area contributed by atoms with Crippen molar-refractivity contribution in [3.05, 3.63) is 109 Å². The third-order valence-corrected chi connectivity index (χ3v) is 6.99. The van der Waals surface area contributed by atoms with E-state index in [1.807, 2.05) is 40.7 Å². The van der Waals surface area contributed by atoms with Gasteiger partial charge in [-0.05, 0) is 58.2 Å². The third kappa shape index (κ3) is 22.3. The van der Waals surface area contributed by atoms with Crippen LogP contribution in [0.15, 0.2) is 105 Å². The number of hydrogen-bond donors (Lipinski definition) is 1. The second-order valence-corrected chi connectivity index (χ2v) is 14.5. The fraction of sp³-hybridized carbons (Fsp3) is 0.395. The van der Waals surface area contributed by atoms with E-state index in [0.717, 1.165) is 23.8 Å². The zero-order valence-electron chi connectivity index (χ0n) is 31.9. The molecular weight excluding hydrogens is 721 g/mol. The molecular formula is C38H49N3O12P+. The molecule has 15 nitrogen and oxygen atoms in total. The van der Waals surface area contributed by atoms with Crippen LogP contribution in [0.4, 0.5) is 0 Å². The number of allylic oxidation sites excluding steroid dienone is 2. The fourth-order valence-electron chi connectivity index (χ4n) is 3.53. The summed E-state index contributed by atoms with van der Waals surface area (Å²) < 4.78 is 40.7.